The van der Waals surface area contributed by atoms with E-state index in [9.17, 15) is 9.00 Å². The van der Waals surface area contributed by atoms with Crippen LogP contribution in [0.15, 0.2) is 24.3 Å². The first-order valence-electron chi connectivity index (χ1n) is 4.70. The number of para-hydroxylation sites is 1. The molecular weight excluding hydrogens is 212 g/mol. The molecular formula is C11H14O3S. The maximum absolute atomic E-state index is 11.7. The zero-order valence-corrected chi connectivity index (χ0v) is 9.67. The lowest BCUT2D eigenvalue weighted by atomic mass is 10.1. The number of hydrogen-bond acceptors (Lipinski definition) is 3. The highest BCUT2D eigenvalue weighted by molar-refractivity contribution is 7.85. The summed E-state index contributed by atoms with van der Waals surface area (Å²) < 4.78 is 16.3. The van der Waals surface area contributed by atoms with E-state index in [4.69, 9.17) is 4.74 Å². The van der Waals surface area contributed by atoms with E-state index in [2.05, 4.69) is 0 Å². The average molecular weight is 226 g/mol. The van der Waals surface area contributed by atoms with E-state index in [1.807, 2.05) is 13.0 Å². The van der Waals surface area contributed by atoms with Crippen molar-refractivity contribution in [3.05, 3.63) is 29.8 Å². The number of carbonyl (C=O) groups is 1. The summed E-state index contributed by atoms with van der Waals surface area (Å²) >= 11 is 0. The zero-order valence-electron chi connectivity index (χ0n) is 8.86. The summed E-state index contributed by atoms with van der Waals surface area (Å²) in [6.45, 7) is 2.37. The molecule has 0 radical (unpaired) electrons. The molecule has 1 aromatic carbocycles. The molecule has 0 N–H and O–H groups in total. The fourth-order valence-corrected chi connectivity index (χ4v) is 1.77. The molecule has 0 saturated carbocycles. The Morgan fingerprint density at radius 2 is 2.07 bits per heavy atom. The van der Waals surface area contributed by atoms with Crippen LogP contribution in [0.2, 0.25) is 0 Å². The third-order valence-electron chi connectivity index (χ3n) is 1.82. The number of benzene rings is 1. The molecule has 0 bridgehead atoms. The largest absolute Gasteiger partial charge is 0.493 e. The highest BCUT2D eigenvalue weighted by Crippen LogP contribution is 2.18. The highest BCUT2D eigenvalue weighted by Gasteiger charge is 2.12. The van der Waals surface area contributed by atoms with Crippen molar-refractivity contribution >= 4 is 16.6 Å². The van der Waals surface area contributed by atoms with E-state index in [-0.39, 0.29) is 11.5 Å². The molecule has 3 nitrogen and oxygen atoms in total. The van der Waals surface area contributed by atoms with E-state index < -0.39 is 10.8 Å². The van der Waals surface area contributed by atoms with Gasteiger partial charge in [0.1, 0.15) is 5.75 Å². The Bertz CT molecular complexity index is 374. The molecule has 15 heavy (non-hydrogen) atoms. The van der Waals surface area contributed by atoms with Gasteiger partial charge in [0.25, 0.3) is 0 Å². The quantitative estimate of drug-likeness (QED) is 0.717. The Hall–Kier alpha value is -1.16. The lowest BCUT2D eigenvalue weighted by Crippen LogP contribution is -2.11. The molecule has 0 amide bonds. The molecule has 0 fully saturated rings. The van der Waals surface area contributed by atoms with Crippen LogP contribution in [0.5, 0.6) is 5.75 Å². The summed E-state index contributed by atoms with van der Waals surface area (Å²) in [7, 11) is -1.11. The van der Waals surface area contributed by atoms with Crippen molar-refractivity contribution in [1.29, 1.82) is 0 Å². The Kier molecular flexibility index (Phi) is 4.49. The average Bonchev–Trinajstić information content (AvgIpc) is 2.18. The number of ketones is 1. The first-order chi connectivity index (χ1) is 7.15. The van der Waals surface area contributed by atoms with Crippen molar-refractivity contribution in [2.24, 2.45) is 0 Å². The summed E-state index contributed by atoms with van der Waals surface area (Å²) in [6, 6.07) is 7.02. The molecule has 0 aliphatic carbocycles. The molecule has 4 heteroatoms. The van der Waals surface area contributed by atoms with Crippen LogP contribution < -0.4 is 4.74 Å². The fraction of sp³-hybridized carbons (Fsp3) is 0.364. The molecule has 1 atom stereocenters. The maximum atomic E-state index is 11.7. The van der Waals surface area contributed by atoms with Gasteiger partial charge in [-0.15, -0.1) is 0 Å². The predicted molar refractivity (Wildman–Crippen MR) is 60.9 cm³/mol. The molecule has 0 aliphatic heterocycles. The van der Waals surface area contributed by atoms with Crippen LogP contribution in [-0.4, -0.2) is 28.6 Å². The lowest BCUT2D eigenvalue weighted by molar-refractivity contribution is 0.101. The first-order valence-corrected chi connectivity index (χ1v) is 6.43. The second-order valence-electron chi connectivity index (χ2n) is 3.07. The van der Waals surface area contributed by atoms with Gasteiger partial charge in [-0.25, -0.2) is 0 Å². The van der Waals surface area contributed by atoms with Crippen LogP contribution in [0.4, 0.5) is 0 Å². The van der Waals surface area contributed by atoms with Crippen molar-refractivity contribution in [3.63, 3.8) is 0 Å². The van der Waals surface area contributed by atoms with Gasteiger partial charge < -0.3 is 4.74 Å². The zero-order chi connectivity index (χ0) is 11.3. The van der Waals surface area contributed by atoms with Crippen LogP contribution >= 0.6 is 0 Å². The topological polar surface area (TPSA) is 43.4 Å². The van der Waals surface area contributed by atoms with Crippen LogP contribution in [0.1, 0.15) is 17.3 Å². The van der Waals surface area contributed by atoms with Crippen LogP contribution in [0.3, 0.4) is 0 Å². The summed E-state index contributed by atoms with van der Waals surface area (Å²) in [6.07, 6.45) is 1.52. The first kappa shape index (κ1) is 11.9. The second kappa shape index (κ2) is 5.66. The Balaban J connectivity index is 2.91. The lowest BCUT2D eigenvalue weighted by Gasteiger charge is -2.07. The van der Waals surface area contributed by atoms with Crippen LogP contribution in [-0.2, 0) is 10.8 Å². The van der Waals surface area contributed by atoms with E-state index in [1.54, 1.807) is 18.2 Å². The number of hydrogen-bond donors (Lipinski definition) is 0. The number of carbonyl (C=O) groups excluding carboxylic acids is 1. The normalized spacial score (nSPS) is 12.1. The number of Topliss-reactive ketones (excluding diaryl/α,β-unsaturated/α-hetero) is 1. The smallest absolute Gasteiger partial charge is 0.179 e. The van der Waals surface area contributed by atoms with Gasteiger partial charge in [-0.1, -0.05) is 12.1 Å². The van der Waals surface area contributed by atoms with Crippen LogP contribution in [0, 0.1) is 0 Å². The molecule has 1 aromatic rings. The van der Waals surface area contributed by atoms with E-state index in [0.29, 0.717) is 17.9 Å². The Morgan fingerprint density at radius 3 is 2.67 bits per heavy atom. The molecule has 0 aromatic heterocycles. The minimum Gasteiger partial charge on any atom is -0.493 e. The van der Waals surface area contributed by atoms with E-state index in [0.717, 1.165) is 0 Å². The van der Waals surface area contributed by atoms with Gasteiger partial charge in [-0.05, 0) is 19.1 Å². The van der Waals surface area contributed by atoms with Crippen molar-refractivity contribution in [3.8, 4) is 5.75 Å². The minimum absolute atomic E-state index is 0.0457. The van der Waals surface area contributed by atoms with Crippen molar-refractivity contribution in [2.75, 3.05) is 18.6 Å². The van der Waals surface area contributed by atoms with E-state index >= 15 is 0 Å². The molecule has 0 spiro atoms. The third-order valence-corrected chi connectivity index (χ3v) is 2.49. The molecule has 0 heterocycles. The number of ether oxygens (including phenoxy) is 1. The highest BCUT2D eigenvalue weighted by atomic mass is 32.2. The van der Waals surface area contributed by atoms with Crippen molar-refractivity contribution in [2.45, 2.75) is 6.92 Å². The van der Waals surface area contributed by atoms with Gasteiger partial charge in [-0.2, -0.15) is 0 Å². The fourth-order valence-electron chi connectivity index (χ4n) is 1.24. The van der Waals surface area contributed by atoms with Gasteiger partial charge >= 0.3 is 0 Å². The van der Waals surface area contributed by atoms with Crippen molar-refractivity contribution < 1.29 is 13.7 Å². The van der Waals surface area contributed by atoms with Gasteiger partial charge in [0, 0.05) is 17.1 Å². The van der Waals surface area contributed by atoms with Crippen molar-refractivity contribution in [1.82, 2.24) is 0 Å². The van der Waals surface area contributed by atoms with Gasteiger partial charge in [-0.3, -0.25) is 9.00 Å². The van der Waals surface area contributed by atoms with Gasteiger partial charge in [0.2, 0.25) is 0 Å². The summed E-state index contributed by atoms with van der Waals surface area (Å²) in [5.41, 5.74) is 0.509. The third kappa shape index (κ3) is 3.47. The maximum Gasteiger partial charge on any atom is 0.179 e. The summed E-state index contributed by atoms with van der Waals surface area (Å²) in [4.78, 5) is 11.7. The standard InChI is InChI=1S/C11H14O3S/c1-3-14-11-7-5-4-6-9(11)10(12)8-15(2)13/h4-7H,3,8H2,1-2H3. The molecule has 82 valence electrons. The Labute approximate surface area is 91.9 Å². The molecule has 0 aliphatic rings. The van der Waals surface area contributed by atoms with E-state index in [1.165, 1.54) is 6.26 Å². The monoisotopic (exact) mass is 226 g/mol. The van der Waals surface area contributed by atoms with Crippen LogP contribution in [0.25, 0.3) is 0 Å². The molecule has 1 unspecified atom stereocenters. The minimum atomic E-state index is -1.11. The summed E-state index contributed by atoms with van der Waals surface area (Å²) in [5, 5.41) is 0. The number of rotatable bonds is 5. The Morgan fingerprint density at radius 1 is 1.40 bits per heavy atom. The molecule has 0 saturated heterocycles. The molecule has 1 rings (SSSR count). The van der Waals surface area contributed by atoms with Gasteiger partial charge in [0.15, 0.2) is 5.78 Å². The SMILES string of the molecule is CCOc1ccccc1C(=O)CS(C)=O. The predicted octanol–water partition coefficient (Wildman–Crippen LogP) is 1.65. The summed E-state index contributed by atoms with van der Waals surface area (Å²) in [5.74, 6) is 0.472. The van der Waals surface area contributed by atoms with Gasteiger partial charge in [0.05, 0.1) is 17.9 Å². The second-order valence-corrected chi connectivity index (χ2v) is 4.50.